The molecule has 12 rings (SSSR count). The van der Waals surface area contributed by atoms with E-state index in [1.54, 1.807) is 0 Å². The van der Waals surface area contributed by atoms with Crippen molar-refractivity contribution in [1.29, 1.82) is 0 Å². The predicted octanol–water partition coefficient (Wildman–Crippen LogP) is 16.2. The summed E-state index contributed by atoms with van der Waals surface area (Å²) in [6.45, 7) is -0.583. The van der Waals surface area contributed by atoms with Crippen LogP contribution in [0.1, 0.15) is 127 Å². The molecule has 0 bridgehead atoms. The summed E-state index contributed by atoms with van der Waals surface area (Å²) in [4.78, 5) is 113. The molecule has 92 heavy (non-hydrogen) atoms. The van der Waals surface area contributed by atoms with Crippen LogP contribution in [0.25, 0.3) is 21.5 Å². The fourth-order valence-electron chi connectivity index (χ4n) is 11.4. The number of halogens is 16. The number of amides is 8. The molecule has 0 radical (unpaired) electrons. The second-order valence-corrected chi connectivity index (χ2v) is 24.9. The minimum absolute atomic E-state index is 0.0436. The van der Waals surface area contributed by atoms with Gasteiger partial charge in [-0.25, -0.2) is 0 Å². The van der Waals surface area contributed by atoms with Crippen molar-refractivity contribution in [3.8, 4) is 0 Å². The van der Waals surface area contributed by atoms with Crippen LogP contribution < -0.4 is 0 Å². The molecule has 4 aliphatic heterocycles. The van der Waals surface area contributed by atoms with Gasteiger partial charge in [-0.15, -0.1) is 0 Å². The van der Waals surface area contributed by atoms with E-state index in [1.807, 2.05) is 0 Å². The van der Waals surface area contributed by atoms with Crippen molar-refractivity contribution < 1.29 is 91.0 Å². The summed E-state index contributed by atoms with van der Waals surface area (Å²) in [5.41, 5.74) is -1.03. The minimum atomic E-state index is -4.51. The van der Waals surface area contributed by atoms with E-state index < -0.39 is 94.2 Å². The number of hydrogen-bond donors (Lipinski definition) is 0. The highest BCUT2D eigenvalue weighted by atomic mass is 79.9. The first-order chi connectivity index (χ1) is 43.1. The lowest BCUT2D eigenvalue weighted by Crippen LogP contribution is -2.44. The Kier molecular flexibility index (Phi) is 17.1. The standard InChI is InChI=1S/2C32H18Br2F6N2O4/c33-21-14-20-24-23-19(27(43)41(29(45)25(21)23)11-9-15-1-5-17(6-2-15)31(35,36)37)13-22(34)26(24)30(46)42(28(20)44)12-10-16-3-7-18(8-4-16)32(38,39)40;33-21-13-19-23-20(28(44)41(27(19)43)11-9-15-1-5-17(6-2-15)31(35,36)37)14-22(34)25-26(23)24(21)29(45)42(30(25)46)12-10-16-3-7-18(8-4-16)32(38,39)40/h2*1-8,13-14H,9-12H2. The van der Waals surface area contributed by atoms with Gasteiger partial charge in [0.1, 0.15) is 0 Å². The van der Waals surface area contributed by atoms with Gasteiger partial charge in [-0.1, -0.05) is 48.5 Å². The first kappa shape index (κ1) is 65.4. The van der Waals surface area contributed by atoms with Gasteiger partial charge in [0.25, 0.3) is 47.3 Å². The molecule has 12 nitrogen and oxygen atoms in total. The maximum absolute atomic E-state index is 13.7. The summed E-state index contributed by atoms with van der Waals surface area (Å²) < 4.78 is 156. The highest BCUT2D eigenvalue weighted by molar-refractivity contribution is 9.11. The van der Waals surface area contributed by atoms with E-state index in [2.05, 4.69) is 63.7 Å². The molecule has 8 amide bonds. The summed E-state index contributed by atoms with van der Waals surface area (Å²) in [7, 11) is 0. The number of alkyl halides is 12. The molecule has 0 saturated heterocycles. The summed E-state index contributed by atoms with van der Waals surface area (Å²) in [5.74, 6) is -5.64. The third kappa shape index (κ3) is 11.9. The molecule has 8 aromatic carbocycles. The zero-order chi connectivity index (χ0) is 66.6. The topological polar surface area (TPSA) is 150 Å². The largest absolute Gasteiger partial charge is 0.416 e. The molecule has 4 heterocycles. The third-order valence-corrected chi connectivity index (χ3v) is 18.5. The number of benzene rings is 8. The van der Waals surface area contributed by atoms with Gasteiger partial charge in [-0.2, -0.15) is 52.7 Å². The van der Waals surface area contributed by atoms with Crippen molar-refractivity contribution in [2.45, 2.75) is 50.4 Å². The Labute approximate surface area is 544 Å². The lowest BCUT2D eigenvalue weighted by Gasteiger charge is -2.33. The Morgan fingerprint density at radius 1 is 0.261 bits per heavy atom. The fourth-order valence-corrected chi connectivity index (χ4v) is 13.7. The van der Waals surface area contributed by atoms with Crippen LogP contribution in [0.2, 0.25) is 0 Å². The number of hydrogen-bond acceptors (Lipinski definition) is 8. The molecule has 0 N–H and O–H groups in total. The van der Waals surface area contributed by atoms with Gasteiger partial charge in [0, 0.05) is 87.9 Å². The van der Waals surface area contributed by atoms with Crippen LogP contribution in [0.3, 0.4) is 0 Å². The molecule has 28 heteroatoms. The van der Waals surface area contributed by atoms with Gasteiger partial charge in [0.05, 0.1) is 44.5 Å². The van der Waals surface area contributed by atoms with Gasteiger partial charge >= 0.3 is 24.7 Å². The maximum Gasteiger partial charge on any atom is 0.416 e. The molecule has 0 saturated carbocycles. The molecular weight excluding hydrogens is 1500 g/mol. The van der Waals surface area contributed by atoms with Crippen molar-refractivity contribution in [2.75, 3.05) is 26.2 Å². The summed E-state index contributed by atoms with van der Waals surface area (Å²) >= 11 is 13.4. The maximum atomic E-state index is 13.7. The fraction of sp³-hybridized carbons (Fsp3) is 0.188. The molecule has 472 valence electrons. The van der Waals surface area contributed by atoms with E-state index in [0.717, 1.165) is 68.1 Å². The Balaban J connectivity index is 0.000000188. The van der Waals surface area contributed by atoms with Crippen molar-refractivity contribution in [3.63, 3.8) is 0 Å². The molecule has 0 spiro atoms. The molecule has 0 aliphatic carbocycles. The Morgan fingerprint density at radius 3 is 0.663 bits per heavy atom. The normalized spacial score (nSPS) is 15.0. The van der Waals surface area contributed by atoms with Crippen LogP contribution in [0.5, 0.6) is 0 Å². The minimum Gasteiger partial charge on any atom is -0.274 e. The number of rotatable bonds is 12. The van der Waals surface area contributed by atoms with Gasteiger partial charge in [-0.3, -0.25) is 58.0 Å². The average molecular weight is 1540 g/mol. The molecule has 4 aliphatic rings. The van der Waals surface area contributed by atoms with E-state index in [-0.39, 0.29) is 136 Å². The molecule has 0 unspecified atom stereocenters. The first-order valence-corrected chi connectivity index (χ1v) is 30.4. The van der Waals surface area contributed by atoms with Crippen molar-refractivity contribution >= 4 is 133 Å². The van der Waals surface area contributed by atoms with Crippen LogP contribution in [0.4, 0.5) is 52.7 Å². The van der Waals surface area contributed by atoms with Crippen molar-refractivity contribution in [2.24, 2.45) is 0 Å². The van der Waals surface area contributed by atoms with Crippen LogP contribution in [-0.4, -0.2) is 93.0 Å². The first-order valence-electron chi connectivity index (χ1n) is 27.2. The lowest BCUT2D eigenvalue weighted by molar-refractivity contribution is -0.138. The van der Waals surface area contributed by atoms with Crippen LogP contribution in [-0.2, 0) is 50.4 Å². The third-order valence-electron chi connectivity index (χ3n) is 16.0. The molecular formula is C64H36Br4F12N4O8. The smallest absolute Gasteiger partial charge is 0.274 e. The van der Waals surface area contributed by atoms with E-state index in [4.69, 9.17) is 0 Å². The van der Waals surface area contributed by atoms with E-state index in [0.29, 0.717) is 22.3 Å². The average Bonchev–Trinajstić information content (AvgIpc) is 0.710. The summed E-state index contributed by atoms with van der Waals surface area (Å²) in [6, 6.07) is 23.1. The van der Waals surface area contributed by atoms with Crippen LogP contribution in [0.15, 0.2) is 139 Å². The second-order valence-electron chi connectivity index (χ2n) is 21.5. The predicted molar refractivity (Wildman–Crippen MR) is 321 cm³/mol. The van der Waals surface area contributed by atoms with E-state index in [9.17, 15) is 91.0 Å². The molecule has 0 aromatic heterocycles. The summed E-state index contributed by atoms with van der Waals surface area (Å²) in [5, 5.41) is 0.472. The number of nitrogens with zero attached hydrogens (tertiary/aromatic N) is 4. The monoisotopic (exact) mass is 1530 g/mol. The second kappa shape index (κ2) is 24.1. The Hall–Kier alpha value is -8.08. The molecule has 0 fully saturated rings. The number of imide groups is 4. The van der Waals surface area contributed by atoms with E-state index >= 15 is 0 Å². The van der Waals surface area contributed by atoms with Gasteiger partial charge in [0.2, 0.25) is 0 Å². The molecule has 0 atom stereocenters. The number of carbonyl (C=O) groups excluding carboxylic acids is 8. The Morgan fingerprint density at radius 2 is 0.446 bits per heavy atom. The molecule has 8 aromatic rings. The van der Waals surface area contributed by atoms with Crippen molar-refractivity contribution in [1.82, 2.24) is 19.6 Å². The summed E-state index contributed by atoms with van der Waals surface area (Å²) in [6.07, 6.45) is -17.7. The van der Waals surface area contributed by atoms with Gasteiger partial charge < -0.3 is 0 Å². The van der Waals surface area contributed by atoms with E-state index in [1.165, 1.54) is 72.8 Å². The van der Waals surface area contributed by atoms with Gasteiger partial charge in [-0.05, 0) is 184 Å². The zero-order valence-corrected chi connectivity index (χ0v) is 52.7. The SMILES string of the molecule is O=C1c2cc(Br)c3c4c(c(Br)cc(c24)C(=O)N1CCc1ccc(C(F)(F)F)cc1)C(=O)N(CCc1ccc(C(F)(F)F)cc1)C3=O.O=C1c2cc(Br)c3c4c(cc(Br)c(c24)C(=O)N1CCc1ccc(C(F)(F)F)cc1)C(=O)N(CCc1ccc(C(F)(F)F)cc1)C3=O. The quantitative estimate of drug-likeness (QED) is 0.0867. The Bertz CT molecular complexity index is 4300. The van der Waals surface area contributed by atoms with Crippen LogP contribution in [0, 0.1) is 0 Å². The highest BCUT2D eigenvalue weighted by Gasteiger charge is 2.45. The highest BCUT2D eigenvalue weighted by Crippen LogP contribution is 2.47. The van der Waals surface area contributed by atoms with Gasteiger partial charge in [0.15, 0.2) is 0 Å². The van der Waals surface area contributed by atoms with Crippen LogP contribution >= 0.6 is 63.7 Å². The zero-order valence-electron chi connectivity index (χ0n) is 46.3. The van der Waals surface area contributed by atoms with Crippen molar-refractivity contribution in [3.05, 3.63) is 228 Å². The number of carbonyl (C=O) groups is 8. The lowest BCUT2D eigenvalue weighted by atomic mass is 9.85.